The van der Waals surface area contributed by atoms with Gasteiger partial charge in [-0.3, -0.25) is 0 Å². The normalized spacial score (nSPS) is 16.7. The van der Waals surface area contributed by atoms with Crippen LogP contribution in [0.4, 0.5) is 5.82 Å². The maximum absolute atomic E-state index is 10.1. The second kappa shape index (κ2) is 5.83. The Balaban J connectivity index is 2.38. The van der Waals surface area contributed by atoms with Crippen molar-refractivity contribution in [2.45, 2.75) is 0 Å². The van der Waals surface area contributed by atoms with Crippen molar-refractivity contribution >= 4 is 46.1 Å². The molecule has 0 atom stereocenters. The number of aromatic hydroxyl groups is 1. The van der Waals surface area contributed by atoms with Crippen LogP contribution in [0.3, 0.4) is 0 Å². The fourth-order valence-electron chi connectivity index (χ4n) is 1.60. The first kappa shape index (κ1) is 12.8. The standard InChI is InChI=1S/C10H11ClIN3O2/c11-10-13-7(1-2-12)8(16)9(14-10)15-3-5-17-6-4-15/h1-2,16H,3-6H2/b2-1+. The van der Waals surface area contributed by atoms with Crippen LogP contribution in [0.1, 0.15) is 5.69 Å². The van der Waals surface area contributed by atoms with Crippen LogP contribution in [0.5, 0.6) is 5.75 Å². The number of hydrogen-bond donors (Lipinski definition) is 1. The highest BCUT2D eigenvalue weighted by Crippen LogP contribution is 2.30. The van der Waals surface area contributed by atoms with Gasteiger partial charge in [-0.15, -0.1) is 0 Å². The van der Waals surface area contributed by atoms with Gasteiger partial charge in [0.1, 0.15) is 5.69 Å². The van der Waals surface area contributed by atoms with Crippen LogP contribution < -0.4 is 4.90 Å². The predicted molar refractivity (Wildman–Crippen MR) is 74.8 cm³/mol. The van der Waals surface area contributed by atoms with Gasteiger partial charge in [-0.2, -0.15) is 4.98 Å². The molecule has 1 aliphatic heterocycles. The van der Waals surface area contributed by atoms with Crippen molar-refractivity contribution in [2.24, 2.45) is 0 Å². The number of hydrogen-bond acceptors (Lipinski definition) is 5. The zero-order valence-electron chi connectivity index (χ0n) is 8.94. The fraction of sp³-hybridized carbons (Fsp3) is 0.400. The molecule has 7 heteroatoms. The van der Waals surface area contributed by atoms with Crippen LogP contribution in [0.15, 0.2) is 4.08 Å². The van der Waals surface area contributed by atoms with Gasteiger partial charge in [0.15, 0.2) is 11.6 Å². The first-order valence-corrected chi connectivity index (χ1v) is 6.70. The van der Waals surface area contributed by atoms with Crippen molar-refractivity contribution in [3.05, 3.63) is 15.1 Å². The van der Waals surface area contributed by atoms with E-state index >= 15 is 0 Å². The lowest BCUT2D eigenvalue weighted by Gasteiger charge is -2.28. The van der Waals surface area contributed by atoms with Gasteiger partial charge in [0, 0.05) is 13.1 Å². The van der Waals surface area contributed by atoms with E-state index in [4.69, 9.17) is 16.3 Å². The summed E-state index contributed by atoms with van der Waals surface area (Å²) in [6.45, 7) is 2.62. The van der Waals surface area contributed by atoms with E-state index in [1.807, 2.05) is 4.90 Å². The van der Waals surface area contributed by atoms with E-state index in [2.05, 4.69) is 32.6 Å². The minimum absolute atomic E-state index is 0.0595. The second-order valence-corrected chi connectivity index (χ2v) is 4.50. The summed E-state index contributed by atoms with van der Waals surface area (Å²) in [5.41, 5.74) is 0.431. The number of rotatable bonds is 2. The Kier molecular flexibility index (Phi) is 4.41. The zero-order valence-corrected chi connectivity index (χ0v) is 11.8. The topological polar surface area (TPSA) is 58.5 Å². The maximum Gasteiger partial charge on any atom is 0.225 e. The Morgan fingerprint density at radius 3 is 2.71 bits per heavy atom. The third-order valence-electron chi connectivity index (χ3n) is 2.40. The number of aromatic nitrogens is 2. The molecule has 1 aromatic rings. The molecule has 2 rings (SSSR count). The molecule has 0 spiro atoms. The monoisotopic (exact) mass is 367 g/mol. The van der Waals surface area contributed by atoms with Gasteiger partial charge in [-0.05, 0) is 21.8 Å². The lowest BCUT2D eigenvalue weighted by atomic mass is 10.3. The molecule has 0 amide bonds. The number of anilines is 1. The summed E-state index contributed by atoms with van der Waals surface area (Å²) in [5, 5.41) is 10.2. The van der Waals surface area contributed by atoms with Crippen molar-refractivity contribution in [3.8, 4) is 5.75 Å². The molecule has 5 nitrogen and oxygen atoms in total. The van der Waals surface area contributed by atoms with Gasteiger partial charge in [0.25, 0.3) is 0 Å². The largest absolute Gasteiger partial charge is 0.503 e. The smallest absolute Gasteiger partial charge is 0.225 e. The highest BCUT2D eigenvalue weighted by atomic mass is 127. The lowest BCUT2D eigenvalue weighted by Crippen LogP contribution is -2.37. The Bertz CT molecular complexity index is 436. The van der Waals surface area contributed by atoms with Crippen LogP contribution in [0.25, 0.3) is 6.08 Å². The minimum Gasteiger partial charge on any atom is -0.503 e. The van der Waals surface area contributed by atoms with E-state index in [1.54, 1.807) is 10.2 Å². The zero-order chi connectivity index (χ0) is 12.3. The molecule has 0 radical (unpaired) electrons. The predicted octanol–water partition coefficient (Wildman–Crippen LogP) is 2.08. The SMILES string of the molecule is Oc1c(/C=C/I)nc(Cl)nc1N1CCOCC1. The third kappa shape index (κ3) is 2.99. The average molecular weight is 368 g/mol. The number of morpholine rings is 1. The van der Waals surface area contributed by atoms with Gasteiger partial charge in [-0.1, -0.05) is 22.6 Å². The second-order valence-electron chi connectivity index (χ2n) is 3.44. The molecule has 1 saturated heterocycles. The van der Waals surface area contributed by atoms with Crippen molar-refractivity contribution in [2.75, 3.05) is 31.2 Å². The van der Waals surface area contributed by atoms with E-state index in [0.29, 0.717) is 37.8 Å². The molecule has 1 fully saturated rings. The summed E-state index contributed by atoms with van der Waals surface area (Å²) < 4.78 is 7.02. The first-order chi connectivity index (χ1) is 8.22. The Labute approximate surface area is 118 Å². The third-order valence-corrected chi connectivity index (χ3v) is 2.93. The highest BCUT2D eigenvalue weighted by Gasteiger charge is 2.19. The molecule has 1 aliphatic rings. The molecule has 0 unspecified atom stereocenters. The van der Waals surface area contributed by atoms with Gasteiger partial charge in [0.05, 0.1) is 13.2 Å². The van der Waals surface area contributed by atoms with Crippen molar-refractivity contribution in [1.29, 1.82) is 0 Å². The van der Waals surface area contributed by atoms with Crippen molar-refractivity contribution in [3.63, 3.8) is 0 Å². The summed E-state index contributed by atoms with van der Waals surface area (Å²) in [5.74, 6) is 0.530. The average Bonchev–Trinajstić information content (AvgIpc) is 2.35. The molecule has 0 saturated carbocycles. The summed E-state index contributed by atoms with van der Waals surface area (Å²) in [4.78, 5) is 9.99. The molecular weight excluding hydrogens is 356 g/mol. The van der Waals surface area contributed by atoms with Crippen LogP contribution in [-0.4, -0.2) is 41.4 Å². The summed E-state index contributed by atoms with van der Waals surface area (Å²) >= 11 is 7.91. The summed E-state index contributed by atoms with van der Waals surface area (Å²) in [6.07, 6.45) is 1.69. The number of ether oxygens (including phenoxy) is 1. The molecule has 0 aliphatic carbocycles. The first-order valence-electron chi connectivity index (χ1n) is 5.08. The van der Waals surface area contributed by atoms with Crippen LogP contribution in [0, 0.1) is 0 Å². The Morgan fingerprint density at radius 1 is 1.35 bits per heavy atom. The van der Waals surface area contributed by atoms with Crippen LogP contribution >= 0.6 is 34.2 Å². The minimum atomic E-state index is 0.0595. The molecule has 0 aromatic carbocycles. The molecular formula is C10H11ClIN3O2. The van der Waals surface area contributed by atoms with Gasteiger partial charge < -0.3 is 14.7 Å². The van der Waals surface area contributed by atoms with Gasteiger partial charge in [-0.25, -0.2) is 4.98 Å². The highest BCUT2D eigenvalue weighted by molar-refractivity contribution is 14.1. The Hall–Kier alpha value is -0.600. The van der Waals surface area contributed by atoms with Crippen molar-refractivity contribution in [1.82, 2.24) is 9.97 Å². The number of halogens is 2. The molecule has 17 heavy (non-hydrogen) atoms. The van der Waals surface area contributed by atoms with Crippen LogP contribution in [0.2, 0.25) is 5.28 Å². The lowest BCUT2D eigenvalue weighted by molar-refractivity contribution is 0.122. The molecule has 92 valence electrons. The van der Waals surface area contributed by atoms with Gasteiger partial charge >= 0.3 is 0 Å². The molecule has 1 aromatic heterocycles. The van der Waals surface area contributed by atoms with Crippen molar-refractivity contribution < 1.29 is 9.84 Å². The van der Waals surface area contributed by atoms with E-state index in [0.717, 1.165) is 0 Å². The van der Waals surface area contributed by atoms with E-state index in [9.17, 15) is 5.11 Å². The summed E-state index contributed by atoms with van der Waals surface area (Å²) in [7, 11) is 0. The van der Waals surface area contributed by atoms with E-state index in [-0.39, 0.29) is 11.0 Å². The molecule has 0 bridgehead atoms. The van der Waals surface area contributed by atoms with E-state index in [1.165, 1.54) is 0 Å². The quantitative estimate of drug-likeness (QED) is 0.641. The van der Waals surface area contributed by atoms with Crippen LogP contribution in [-0.2, 0) is 4.74 Å². The van der Waals surface area contributed by atoms with E-state index < -0.39 is 0 Å². The Morgan fingerprint density at radius 2 is 2.06 bits per heavy atom. The van der Waals surface area contributed by atoms with Gasteiger partial charge in [0.2, 0.25) is 5.28 Å². The number of nitrogens with zero attached hydrogens (tertiary/aromatic N) is 3. The molecule has 1 N–H and O–H groups in total. The maximum atomic E-state index is 10.1. The fourth-order valence-corrected chi connectivity index (χ4v) is 2.12. The summed E-state index contributed by atoms with van der Waals surface area (Å²) in [6, 6.07) is 0. The molecule has 2 heterocycles.